The normalized spacial score (nSPS) is 22.4. The van der Waals surface area contributed by atoms with Crippen LogP contribution in [0.15, 0.2) is 24.3 Å². The third-order valence-corrected chi connectivity index (χ3v) is 3.32. The molecule has 2 N–H and O–H groups in total. The number of nitriles is 1. The van der Waals surface area contributed by atoms with Gasteiger partial charge in [0, 0.05) is 5.69 Å². The predicted molar refractivity (Wildman–Crippen MR) is 67.7 cm³/mol. The molecular weight excluding hydrogens is 228 g/mol. The van der Waals surface area contributed by atoms with Crippen LogP contribution in [0.5, 0.6) is 0 Å². The van der Waals surface area contributed by atoms with Crippen molar-refractivity contribution in [1.82, 2.24) is 0 Å². The highest BCUT2D eigenvalue weighted by atomic mass is 16.3. The molecule has 0 radical (unpaired) electrons. The lowest BCUT2D eigenvalue weighted by atomic mass is 10.0. The van der Waals surface area contributed by atoms with E-state index in [0.717, 1.165) is 18.4 Å². The second-order valence-corrected chi connectivity index (χ2v) is 4.63. The van der Waals surface area contributed by atoms with Gasteiger partial charge in [0.2, 0.25) is 5.91 Å². The monoisotopic (exact) mass is 244 g/mol. The summed E-state index contributed by atoms with van der Waals surface area (Å²) in [6.45, 7) is 0. The van der Waals surface area contributed by atoms with Crippen molar-refractivity contribution < 1.29 is 9.90 Å². The fourth-order valence-corrected chi connectivity index (χ4v) is 2.28. The molecular formula is C14H16N2O2. The molecule has 0 saturated heterocycles. The molecule has 0 aliphatic heterocycles. The van der Waals surface area contributed by atoms with Gasteiger partial charge in [-0.05, 0) is 37.0 Å². The number of aliphatic hydroxyl groups is 1. The molecule has 4 heteroatoms. The van der Waals surface area contributed by atoms with Gasteiger partial charge in [-0.1, -0.05) is 12.1 Å². The SMILES string of the molecule is N#CCc1ccc(NC(=O)C2CCCC2O)cc1. The van der Waals surface area contributed by atoms with E-state index >= 15 is 0 Å². The molecule has 0 bridgehead atoms. The Balaban J connectivity index is 1.97. The zero-order valence-corrected chi connectivity index (χ0v) is 10.1. The quantitative estimate of drug-likeness (QED) is 0.852. The highest BCUT2D eigenvalue weighted by Crippen LogP contribution is 2.26. The first-order valence-corrected chi connectivity index (χ1v) is 6.15. The van der Waals surface area contributed by atoms with E-state index < -0.39 is 6.10 Å². The Kier molecular flexibility index (Phi) is 3.96. The van der Waals surface area contributed by atoms with Crippen molar-refractivity contribution in [3.63, 3.8) is 0 Å². The molecule has 0 aromatic heterocycles. The lowest BCUT2D eigenvalue weighted by molar-refractivity contribution is -0.122. The summed E-state index contributed by atoms with van der Waals surface area (Å²) in [7, 11) is 0. The summed E-state index contributed by atoms with van der Waals surface area (Å²) in [4.78, 5) is 11.9. The molecule has 2 rings (SSSR count). The molecule has 1 aromatic rings. The van der Waals surface area contributed by atoms with E-state index in [9.17, 15) is 9.90 Å². The van der Waals surface area contributed by atoms with E-state index in [1.807, 2.05) is 12.1 Å². The van der Waals surface area contributed by atoms with Crippen LogP contribution < -0.4 is 5.32 Å². The summed E-state index contributed by atoms with van der Waals surface area (Å²) in [5.74, 6) is -0.406. The van der Waals surface area contributed by atoms with Gasteiger partial charge in [-0.15, -0.1) is 0 Å². The third kappa shape index (κ3) is 2.88. The summed E-state index contributed by atoms with van der Waals surface area (Å²) in [6.07, 6.45) is 2.22. The van der Waals surface area contributed by atoms with Gasteiger partial charge >= 0.3 is 0 Å². The second kappa shape index (κ2) is 5.65. The molecule has 0 spiro atoms. The maximum absolute atomic E-state index is 11.9. The summed E-state index contributed by atoms with van der Waals surface area (Å²) in [5, 5.41) is 21.0. The highest BCUT2D eigenvalue weighted by molar-refractivity contribution is 5.93. The molecule has 2 unspecified atom stereocenters. The number of benzene rings is 1. The van der Waals surface area contributed by atoms with Crippen molar-refractivity contribution >= 4 is 11.6 Å². The van der Waals surface area contributed by atoms with Crippen LogP contribution in [0.2, 0.25) is 0 Å². The second-order valence-electron chi connectivity index (χ2n) is 4.63. The van der Waals surface area contributed by atoms with E-state index in [4.69, 9.17) is 5.26 Å². The summed E-state index contributed by atoms with van der Waals surface area (Å²) >= 11 is 0. The van der Waals surface area contributed by atoms with Crippen LogP contribution in [0.3, 0.4) is 0 Å². The Morgan fingerprint density at radius 1 is 1.39 bits per heavy atom. The molecule has 1 aromatic carbocycles. The Hall–Kier alpha value is -1.86. The number of amides is 1. The van der Waals surface area contributed by atoms with Gasteiger partial charge in [-0.25, -0.2) is 0 Å². The van der Waals surface area contributed by atoms with Gasteiger partial charge < -0.3 is 10.4 Å². The van der Waals surface area contributed by atoms with Gasteiger partial charge in [0.1, 0.15) is 0 Å². The van der Waals surface area contributed by atoms with Crippen molar-refractivity contribution in [3.05, 3.63) is 29.8 Å². The van der Waals surface area contributed by atoms with E-state index in [1.165, 1.54) is 0 Å². The zero-order chi connectivity index (χ0) is 13.0. The maximum Gasteiger partial charge on any atom is 0.230 e. The van der Waals surface area contributed by atoms with Crippen LogP contribution in [0.1, 0.15) is 24.8 Å². The van der Waals surface area contributed by atoms with Gasteiger partial charge in [-0.3, -0.25) is 4.79 Å². The topological polar surface area (TPSA) is 73.1 Å². The summed E-state index contributed by atoms with van der Waals surface area (Å²) in [5.41, 5.74) is 1.64. The number of carbonyl (C=O) groups excluding carboxylic acids is 1. The Bertz CT molecular complexity index is 462. The third-order valence-electron chi connectivity index (χ3n) is 3.32. The minimum absolute atomic E-state index is 0.118. The first-order valence-electron chi connectivity index (χ1n) is 6.15. The molecule has 1 saturated carbocycles. The van der Waals surface area contributed by atoms with E-state index in [1.54, 1.807) is 12.1 Å². The van der Waals surface area contributed by atoms with Crippen LogP contribution in [-0.4, -0.2) is 17.1 Å². The fraction of sp³-hybridized carbons (Fsp3) is 0.429. The lowest BCUT2D eigenvalue weighted by Crippen LogP contribution is -2.28. The van der Waals surface area contributed by atoms with Crippen LogP contribution in [0.4, 0.5) is 5.69 Å². The minimum atomic E-state index is -0.511. The van der Waals surface area contributed by atoms with Crippen LogP contribution in [0.25, 0.3) is 0 Å². The van der Waals surface area contributed by atoms with Crippen molar-refractivity contribution in [2.75, 3.05) is 5.32 Å². The Morgan fingerprint density at radius 2 is 2.11 bits per heavy atom. The van der Waals surface area contributed by atoms with E-state index in [2.05, 4.69) is 11.4 Å². The average molecular weight is 244 g/mol. The standard InChI is InChI=1S/C14H16N2O2/c15-9-8-10-4-6-11(7-5-10)16-14(18)12-2-1-3-13(12)17/h4-7,12-13,17H,1-3,8H2,(H,16,18). The van der Waals surface area contributed by atoms with Crippen molar-refractivity contribution in [2.45, 2.75) is 31.8 Å². The number of hydrogen-bond donors (Lipinski definition) is 2. The first kappa shape index (κ1) is 12.6. The molecule has 94 valence electrons. The number of nitrogens with zero attached hydrogens (tertiary/aromatic N) is 1. The number of hydrogen-bond acceptors (Lipinski definition) is 3. The molecule has 2 atom stereocenters. The van der Waals surface area contributed by atoms with E-state index in [-0.39, 0.29) is 11.8 Å². The van der Waals surface area contributed by atoms with Crippen LogP contribution >= 0.6 is 0 Å². The molecule has 1 aliphatic rings. The summed E-state index contributed by atoms with van der Waals surface area (Å²) < 4.78 is 0. The highest BCUT2D eigenvalue weighted by Gasteiger charge is 2.31. The van der Waals surface area contributed by atoms with Crippen LogP contribution in [0, 0.1) is 17.2 Å². The minimum Gasteiger partial charge on any atom is -0.392 e. The van der Waals surface area contributed by atoms with Crippen molar-refractivity contribution in [2.24, 2.45) is 5.92 Å². The van der Waals surface area contributed by atoms with Gasteiger partial charge in [0.15, 0.2) is 0 Å². The fourth-order valence-electron chi connectivity index (χ4n) is 2.28. The molecule has 0 heterocycles. The number of aliphatic hydroxyl groups excluding tert-OH is 1. The molecule has 18 heavy (non-hydrogen) atoms. The number of anilines is 1. The average Bonchev–Trinajstić information content (AvgIpc) is 2.78. The van der Waals surface area contributed by atoms with Crippen molar-refractivity contribution in [1.29, 1.82) is 5.26 Å². The largest absolute Gasteiger partial charge is 0.392 e. The smallest absolute Gasteiger partial charge is 0.230 e. The molecule has 4 nitrogen and oxygen atoms in total. The molecule has 1 amide bonds. The number of carbonyl (C=O) groups is 1. The van der Waals surface area contributed by atoms with Gasteiger partial charge in [0.05, 0.1) is 24.5 Å². The number of nitrogens with one attached hydrogen (secondary N) is 1. The Labute approximate surface area is 106 Å². The van der Waals surface area contributed by atoms with E-state index in [0.29, 0.717) is 18.5 Å². The van der Waals surface area contributed by atoms with Crippen LogP contribution in [-0.2, 0) is 11.2 Å². The number of rotatable bonds is 3. The van der Waals surface area contributed by atoms with Gasteiger partial charge in [0.25, 0.3) is 0 Å². The lowest BCUT2D eigenvalue weighted by Gasteiger charge is -2.14. The predicted octanol–water partition coefficient (Wildman–Crippen LogP) is 1.85. The Morgan fingerprint density at radius 3 is 2.67 bits per heavy atom. The molecule has 1 fully saturated rings. The maximum atomic E-state index is 11.9. The zero-order valence-electron chi connectivity index (χ0n) is 10.1. The molecule has 1 aliphatic carbocycles. The van der Waals surface area contributed by atoms with Crippen molar-refractivity contribution in [3.8, 4) is 6.07 Å². The van der Waals surface area contributed by atoms with Gasteiger partial charge in [-0.2, -0.15) is 5.26 Å². The summed E-state index contributed by atoms with van der Waals surface area (Å²) in [6, 6.07) is 9.29. The first-order chi connectivity index (χ1) is 8.70.